The van der Waals surface area contributed by atoms with Crippen LogP contribution in [0.4, 0.5) is 0 Å². The number of rotatable bonds is 7. The maximum absolute atomic E-state index is 13.7. The average Bonchev–Trinajstić information content (AvgIpc) is 3.50. The number of para-hydroxylation sites is 1. The molecule has 6 unspecified atom stereocenters. The molecule has 2 amide bonds. The first-order valence-corrected chi connectivity index (χ1v) is 11.1. The Balaban J connectivity index is 1.60. The van der Waals surface area contributed by atoms with Gasteiger partial charge in [-0.25, -0.2) is 0 Å². The number of likely N-dealkylation sites (N-methyl/N-ethyl adjacent to an activating group) is 1. The maximum Gasteiger partial charge on any atom is 0.248 e. The fourth-order valence-corrected chi connectivity index (χ4v) is 4.99. The molecule has 6 atom stereocenters. The largest absolute Gasteiger partial charge is 0.379 e. The number of carbonyl (C=O) groups is 2. The van der Waals surface area contributed by atoms with E-state index in [0.717, 1.165) is 18.5 Å². The summed E-state index contributed by atoms with van der Waals surface area (Å²) in [7, 11) is 3.29. The molecule has 168 valence electrons. The van der Waals surface area contributed by atoms with Crippen LogP contribution in [-0.4, -0.2) is 79.2 Å². The number of methoxy groups -OCH3 is 1. The first-order valence-electron chi connectivity index (χ1n) is 11.1. The number of ether oxygens (including phenoxy) is 1. The number of H-pyrrole nitrogens is 1. The molecule has 2 aromatic rings. The molecule has 31 heavy (non-hydrogen) atoms. The van der Waals surface area contributed by atoms with Crippen molar-refractivity contribution in [1.29, 1.82) is 0 Å². The zero-order chi connectivity index (χ0) is 22.1. The highest BCUT2D eigenvalue weighted by atomic mass is 16.5. The van der Waals surface area contributed by atoms with Crippen molar-refractivity contribution in [2.45, 2.75) is 56.5 Å². The Bertz CT molecular complexity index is 944. The molecular formula is C23H33N5O3. The molecule has 0 radical (unpaired) electrons. The fraction of sp³-hybridized carbons (Fsp3) is 0.565. The van der Waals surface area contributed by atoms with Crippen LogP contribution in [0.3, 0.4) is 0 Å². The van der Waals surface area contributed by atoms with Gasteiger partial charge < -0.3 is 30.6 Å². The predicted octanol–water partition coefficient (Wildman–Crippen LogP) is 0.952. The van der Waals surface area contributed by atoms with Crippen molar-refractivity contribution in [2.75, 3.05) is 27.2 Å². The van der Waals surface area contributed by atoms with Crippen LogP contribution in [0.25, 0.3) is 10.9 Å². The van der Waals surface area contributed by atoms with Crippen LogP contribution in [0, 0.1) is 0 Å². The van der Waals surface area contributed by atoms with E-state index in [1.165, 1.54) is 10.9 Å². The number of hydrogen-bond donors (Lipinski definition) is 4. The zero-order valence-corrected chi connectivity index (χ0v) is 18.6. The predicted molar refractivity (Wildman–Crippen MR) is 120 cm³/mol. The highest BCUT2D eigenvalue weighted by molar-refractivity contribution is 5.91. The maximum atomic E-state index is 13.7. The fourth-order valence-electron chi connectivity index (χ4n) is 4.99. The lowest BCUT2D eigenvalue weighted by Gasteiger charge is -2.34. The summed E-state index contributed by atoms with van der Waals surface area (Å²) in [6.07, 6.45) is 2.55. The number of aromatic amines is 1. The molecule has 3 heterocycles. The Morgan fingerprint density at radius 3 is 2.77 bits per heavy atom. The van der Waals surface area contributed by atoms with Gasteiger partial charge in [-0.15, -0.1) is 0 Å². The number of nitrogens with zero attached hydrogens (tertiary/aromatic N) is 1. The Morgan fingerprint density at radius 1 is 1.26 bits per heavy atom. The molecule has 2 saturated heterocycles. The zero-order valence-electron chi connectivity index (χ0n) is 18.6. The smallest absolute Gasteiger partial charge is 0.248 e. The van der Waals surface area contributed by atoms with Gasteiger partial charge in [0.15, 0.2) is 0 Å². The number of aromatic nitrogens is 1. The van der Waals surface area contributed by atoms with Gasteiger partial charge in [0.2, 0.25) is 11.8 Å². The Labute approximate surface area is 183 Å². The minimum Gasteiger partial charge on any atom is -0.379 e. The van der Waals surface area contributed by atoms with Crippen LogP contribution in [0.15, 0.2) is 30.5 Å². The van der Waals surface area contributed by atoms with E-state index in [9.17, 15) is 9.59 Å². The van der Waals surface area contributed by atoms with Gasteiger partial charge in [0, 0.05) is 49.3 Å². The molecule has 1 aromatic heterocycles. The van der Waals surface area contributed by atoms with Gasteiger partial charge in [0.25, 0.3) is 0 Å². The minimum atomic E-state index is -0.726. The van der Waals surface area contributed by atoms with E-state index in [4.69, 9.17) is 4.74 Å². The molecule has 2 aliphatic heterocycles. The molecule has 2 aliphatic rings. The van der Waals surface area contributed by atoms with E-state index in [1.54, 1.807) is 21.1 Å². The second kappa shape index (κ2) is 8.98. The summed E-state index contributed by atoms with van der Waals surface area (Å²) < 4.78 is 5.47. The van der Waals surface area contributed by atoms with Crippen LogP contribution >= 0.6 is 0 Å². The molecule has 2 fully saturated rings. The van der Waals surface area contributed by atoms with E-state index in [0.29, 0.717) is 6.54 Å². The molecule has 8 heteroatoms. The number of carbonyl (C=O) groups excluding carboxylic acids is 2. The lowest BCUT2D eigenvalue weighted by molar-refractivity contribution is -0.141. The molecular weight excluding hydrogens is 394 g/mol. The number of fused-ring (bicyclic) bond motifs is 2. The van der Waals surface area contributed by atoms with E-state index in [-0.39, 0.29) is 29.8 Å². The molecule has 0 bridgehead atoms. The summed E-state index contributed by atoms with van der Waals surface area (Å²) in [5.74, 6) is -0.0942. The summed E-state index contributed by atoms with van der Waals surface area (Å²) in [5.41, 5.74) is 2.34. The minimum absolute atomic E-state index is 0.0527. The van der Waals surface area contributed by atoms with E-state index in [1.807, 2.05) is 24.0 Å². The van der Waals surface area contributed by atoms with Crippen LogP contribution in [0.2, 0.25) is 0 Å². The second-order valence-electron chi connectivity index (χ2n) is 8.66. The van der Waals surface area contributed by atoms with Crippen molar-refractivity contribution in [3.8, 4) is 0 Å². The van der Waals surface area contributed by atoms with Crippen molar-refractivity contribution in [3.05, 3.63) is 36.0 Å². The topological polar surface area (TPSA) is 98.5 Å². The average molecular weight is 428 g/mol. The van der Waals surface area contributed by atoms with Crippen molar-refractivity contribution in [2.24, 2.45) is 0 Å². The third kappa shape index (κ3) is 3.95. The van der Waals surface area contributed by atoms with Gasteiger partial charge in [0.1, 0.15) is 6.04 Å². The number of nitrogens with one attached hydrogen (secondary N) is 4. The van der Waals surface area contributed by atoms with Crippen LogP contribution in [0.1, 0.15) is 31.7 Å². The standard InChI is InChI=1S/C23H33N5O3/c1-13(24-3)22(29)27-20(14(2)31-4)23(30)28-10-9-19-21(28)17(12-26-19)16-11-25-18-8-6-5-7-15(16)18/h5-8,11,13-14,17,19-21,24-26H,9-10,12H2,1-4H3,(H,27,29). The van der Waals surface area contributed by atoms with E-state index >= 15 is 0 Å². The summed E-state index contributed by atoms with van der Waals surface area (Å²) in [5, 5.41) is 10.7. The third-order valence-electron chi connectivity index (χ3n) is 7.00. The Kier molecular flexibility index (Phi) is 6.31. The first kappa shape index (κ1) is 21.8. The first-order chi connectivity index (χ1) is 15.0. The number of likely N-dealkylation sites (tertiary alicyclic amines) is 1. The van der Waals surface area contributed by atoms with Gasteiger partial charge in [-0.3, -0.25) is 9.59 Å². The van der Waals surface area contributed by atoms with E-state index in [2.05, 4.69) is 39.3 Å². The Morgan fingerprint density at radius 2 is 2.03 bits per heavy atom. The second-order valence-corrected chi connectivity index (χ2v) is 8.66. The van der Waals surface area contributed by atoms with Gasteiger partial charge in [-0.1, -0.05) is 18.2 Å². The highest BCUT2D eigenvalue weighted by Gasteiger charge is 2.49. The molecule has 4 N–H and O–H groups in total. The van der Waals surface area contributed by atoms with Gasteiger partial charge in [-0.2, -0.15) is 0 Å². The van der Waals surface area contributed by atoms with E-state index < -0.39 is 18.2 Å². The monoisotopic (exact) mass is 427 g/mol. The molecule has 0 saturated carbocycles. The molecule has 0 spiro atoms. The summed E-state index contributed by atoms with van der Waals surface area (Å²) in [4.78, 5) is 31.6. The van der Waals surface area contributed by atoms with Crippen LogP contribution in [0.5, 0.6) is 0 Å². The Hall–Kier alpha value is -2.42. The number of hydrogen-bond acceptors (Lipinski definition) is 5. The number of amides is 2. The molecule has 1 aromatic carbocycles. The SMILES string of the molecule is CNC(C)C(=O)NC(C(=O)N1CCC2NCC(c3c[nH]c4ccccc34)C21)C(C)OC. The highest BCUT2D eigenvalue weighted by Crippen LogP contribution is 2.39. The van der Waals surface area contributed by atoms with Crippen molar-refractivity contribution >= 4 is 22.7 Å². The van der Waals surface area contributed by atoms with Crippen LogP contribution in [-0.2, 0) is 14.3 Å². The van der Waals surface area contributed by atoms with Crippen molar-refractivity contribution < 1.29 is 14.3 Å². The van der Waals surface area contributed by atoms with Crippen molar-refractivity contribution in [3.63, 3.8) is 0 Å². The summed E-state index contributed by atoms with van der Waals surface area (Å²) >= 11 is 0. The quantitative estimate of drug-likeness (QED) is 0.528. The number of benzene rings is 1. The molecule has 4 rings (SSSR count). The van der Waals surface area contributed by atoms with Crippen molar-refractivity contribution in [1.82, 2.24) is 25.8 Å². The van der Waals surface area contributed by atoms with Gasteiger partial charge in [-0.05, 0) is 38.9 Å². The third-order valence-corrected chi connectivity index (χ3v) is 7.00. The molecule has 0 aliphatic carbocycles. The normalized spacial score (nSPS) is 25.9. The van der Waals surface area contributed by atoms with Crippen LogP contribution < -0.4 is 16.0 Å². The summed E-state index contributed by atoms with van der Waals surface area (Å²) in [6.45, 7) is 5.09. The molecule has 8 nitrogen and oxygen atoms in total. The lowest BCUT2D eigenvalue weighted by Crippen LogP contribution is -2.58. The van der Waals surface area contributed by atoms with Gasteiger partial charge >= 0.3 is 0 Å². The lowest BCUT2D eigenvalue weighted by atomic mass is 9.91. The van der Waals surface area contributed by atoms with Gasteiger partial charge in [0.05, 0.1) is 18.2 Å². The summed E-state index contributed by atoms with van der Waals surface area (Å²) in [6, 6.07) is 7.47.